The van der Waals surface area contributed by atoms with E-state index in [-0.39, 0.29) is 19.4 Å². The average Bonchev–Trinajstić information content (AvgIpc) is 3.24. The van der Waals surface area contributed by atoms with Crippen molar-refractivity contribution in [1.29, 1.82) is 0 Å². The van der Waals surface area contributed by atoms with Gasteiger partial charge in [0.05, 0.1) is 6.61 Å². The van der Waals surface area contributed by atoms with Crippen molar-refractivity contribution in [3.05, 3.63) is 60.8 Å². The van der Waals surface area contributed by atoms with E-state index in [9.17, 15) is 37.9 Å². The second-order valence-electron chi connectivity index (χ2n) is 16.4. The number of esters is 2. The van der Waals surface area contributed by atoms with Gasteiger partial charge in [0.25, 0.3) is 10.1 Å². The summed E-state index contributed by atoms with van der Waals surface area (Å²) >= 11 is 0. The maximum absolute atomic E-state index is 12.8. The molecule has 1 aliphatic heterocycles. The molecule has 0 aromatic heterocycles. The minimum Gasteiger partial charge on any atom is -0.462 e. The first-order chi connectivity index (χ1) is 30.0. The van der Waals surface area contributed by atoms with Gasteiger partial charge in [-0.15, -0.1) is 0 Å². The number of aliphatic hydroxyl groups excluding tert-OH is 3. The molecule has 0 aromatic carbocycles. The fourth-order valence-electron chi connectivity index (χ4n) is 6.82. The first-order valence-corrected chi connectivity index (χ1v) is 25.5. The van der Waals surface area contributed by atoms with E-state index in [0.29, 0.717) is 12.8 Å². The third kappa shape index (κ3) is 32.9. The number of allylic oxidation sites excluding steroid dienone is 10. The Balaban J connectivity index is 2.45. The van der Waals surface area contributed by atoms with Crippen LogP contribution < -0.4 is 0 Å². The Morgan fingerprint density at radius 1 is 0.548 bits per heavy atom. The molecule has 0 spiro atoms. The molecule has 0 saturated carbocycles. The van der Waals surface area contributed by atoms with Gasteiger partial charge in [-0.3, -0.25) is 14.1 Å². The van der Waals surface area contributed by atoms with Crippen molar-refractivity contribution in [2.75, 3.05) is 19.0 Å². The fraction of sp³-hybridized carbons (Fsp3) is 0.755. The van der Waals surface area contributed by atoms with Crippen molar-refractivity contribution in [1.82, 2.24) is 0 Å². The lowest BCUT2D eigenvalue weighted by molar-refractivity contribution is -0.297. The van der Waals surface area contributed by atoms with Crippen LogP contribution in [0.1, 0.15) is 181 Å². The lowest BCUT2D eigenvalue weighted by Crippen LogP contribution is -2.60. The van der Waals surface area contributed by atoms with Crippen LogP contribution in [0.4, 0.5) is 0 Å². The summed E-state index contributed by atoms with van der Waals surface area (Å²) < 4.78 is 54.1. The third-order valence-corrected chi connectivity index (χ3v) is 11.3. The number of ether oxygens (including phenoxy) is 4. The predicted molar refractivity (Wildman–Crippen MR) is 247 cm³/mol. The number of carbonyl (C=O) groups is 2. The Kier molecular flexibility index (Phi) is 35.9. The normalized spacial score (nSPS) is 20.4. The highest BCUT2D eigenvalue weighted by Crippen LogP contribution is 2.24. The van der Waals surface area contributed by atoms with Crippen LogP contribution >= 0.6 is 0 Å². The van der Waals surface area contributed by atoms with Crippen molar-refractivity contribution in [2.24, 2.45) is 0 Å². The molecule has 4 N–H and O–H groups in total. The zero-order valence-electron chi connectivity index (χ0n) is 38.2. The number of carbonyl (C=O) groups excluding carboxylic acids is 2. The molecule has 1 aliphatic rings. The second kappa shape index (κ2) is 38.8. The second-order valence-corrected chi connectivity index (χ2v) is 17.9. The number of hydrogen-bond donors (Lipinski definition) is 4. The van der Waals surface area contributed by atoms with Crippen LogP contribution in [0, 0.1) is 0 Å². The third-order valence-electron chi connectivity index (χ3n) is 10.6. The van der Waals surface area contributed by atoms with E-state index in [0.717, 1.165) is 64.2 Å². The van der Waals surface area contributed by atoms with E-state index in [2.05, 4.69) is 74.6 Å². The molecule has 1 fully saturated rings. The Labute approximate surface area is 375 Å². The van der Waals surface area contributed by atoms with E-state index in [1.165, 1.54) is 77.0 Å². The number of rotatable bonds is 39. The summed E-state index contributed by atoms with van der Waals surface area (Å²) in [6, 6.07) is 0. The van der Waals surface area contributed by atoms with E-state index in [4.69, 9.17) is 18.9 Å². The lowest BCUT2D eigenvalue weighted by atomic mass is 10.00. The molecule has 0 amide bonds. The van der Waals surface area contributed by atoms with Crippen LogP contribution in [0.15, 0.2) is 60.8 Å². The smallest absolute Gasteiger partial charge is 0.306 e. The highest BCUT2D eigenvalue weighted by atomic mass is 32.2. The molecular formula is C49H84O12S. The molecule has 0 radical (unpaired) electrons. The minimum absolute atomic E-state index is 0.152. The van der Waals surface area contributed by atoms with Crippen LogP contribution in [0.5, 0.6) is 0 Å². The van der Waals surface area contributed by atoms with Crippen molar-refractivity contribution < 1.29 is 56.8 Å². The fourth-order valence-corrected chi connectivity index (χ4v) is 7.51. The summed E-state index contributed by atoms with van der Waals surface area (Å²) in [7, 11) is -4.61. The van der Waals surface area contributed by atoms with E-state index < -0.39 is 71.2 Å². The van der Waals surface area contributed by atoms with Crippen LogP contribution in [0.3, 0.4) is 0 Å². The molecule has 12 nitrogen and oxygen atoms in total. The van der Waals surface area contributed by atoms with E-state index in [1.54, 1.807) is 0 Å². The molecule has 0 aliphatic carbocycles. The summed E-state index contributed by atoms with van der Waals surface area (Å²) in [5.74, 6) is -2.03. The standard InChI is InChI=1S/C49H84O12S/c1-3-5-7-9-11-13-15-17-19-20-21-22-24-25-27-29-31-33-35-37-44(50)58-39-42(40-59-49-48(54)47(53)46(52)43(61-49)41-62(55,56)57)60-45(51)38-36-34-32-30-28-26-23-18-16-14-12-10-8-6-4-2/h10-13,17,19,21-22,25,27,42-43,46-49,52-54H,3-9,14-16,18,20,23-24,26,28-41H2,1-2H3,(H,55,56,57)/b12-10+,13-11+,19-17+,22-21+,27-25+/t42-,43-,46-,47?,48?,49+/m1/s1. The Morgan fingerprint density at radius 3 is 1.52 bits per heavy atom. The van der Waals surface area contributed by atoms with Gasteiger partial charge in [0.1, 0.15) is 36.8 Å². The van der Waals surface area contributed by atoms with Crippen molar-refractivity contribution >= 4 is 22.1 Å². The van der Waals surface area contributed by atoms with Gasteiger partial charge in [0.2, 0.25) is 0 Å². The van der Waals surface area contributed by atoms with E-state index >= 15 is 0 Å². The topological polar surface area (TPSA) is 186 Å². The van der Waals surface area contributed by atoms with Crippen molar-refractivity contribution in [3.63, 3.8) is 0 Å². The maximum Gasteiger partial charge on any atom is 0.306 e. The molecule has 0 bridgehead atoms. The summed E-state index contributed by atoms with van der Waals surface area (Å²) in [6.45, 7) is 3.67. The number of unbranched alkanes of at least 4 members (excludes halogenated alkanes) is 17. The molecule has 358 valence electrons. The molecule has 2 unspecified atom stereocenters. The summed E-state index contributed by atoms with van der Waals surface area (Å²) in [6.07, 6.45) is 38.3. The molecule has 1 rings (SSSR count). The maximum atomic E-state index is 12.8. The summed E-state index contributed by atoms with van der Waals surface area (Å²) in [4.78, 5) is 25.4. The van der Waals surface area contributed by atoms with Crippen LogP contribution in [0.25, 0.3) is 0 Å². The van der Waals surface area contributed by atoms with Gasteiger partial charge in [-0.25, -0.2) is 0 Å². The number of hydrogen-bond acceptors (Lipinski definition) is 11. The van der Waals surface area contributed by atoms with Gasteiger partial charge in [-0.1, -0.05) is 152 Å². The largest absolute Gasteiger partial charge is 0.462 e. The van der Waals surface area contributed by atoms with Gasteiger partial charge in [0.15, 0.2) is 12.4 Å². The van der Waals surface area contributed by atoms with Crippen molar-refractivity contribution in [2.45, 2.75) is 218 Å². The SMILES string of the molecule is CCCC/C=C/CCCCCCCCCCCC(=O)O[C@H](COC(=O)CCCCC/C=C/C/C=C/C/C=C/C/C=C/CCCCC)CO[C@H]1O[C@H](CS(=O)(=O)O)[C@@H](O)C(O)C1O. The quantitative estimate of drug-likeness (QED) is 0.0198. The van der Waals surface area contributed by atoms with Crippen LogP contribution in [-0.2, 0) is 38.7 Å². The first kappa shape index (κ1) is 57.4. The van der Waals surface area contributed by atoms with Gasteiger partial charge >= 0.3 is 11.9 Å². The Bertz CT molecular complexity index is 1370. The molecule has 0 aromatic rings. The highest BCUT2D eigenvalue weighted by Gasteiger charge is 2.46. The van der Waals surface area contributed by atoms with Gasteiger partial charge in [0, 0.05) is 12.8 Å². The summed E-state index contributed by atoms with van der Waals surface area (Å²) in [5, 5.41) is 30.9. The average molecular weight is 897 g/mol. The zero-order chi connectivity index (χ0) is 45.5. The number of aliphatic hydroxyl groups is 3. The predicted octanol–water partition coefficient (Wildman–Crippen LogP) is 10.1. The first-order valence-electron chi connectivity index (χ1n) is 23.8. The van der Waals surface area contributed by atoms with Crippen molar-refractivity contribution in [3.8, 4) is 0 Å². The molecule has 1 saturated heterocycles. The Morgan fingerprint density at radius 2 is 0.984 bits per heavy atom. The van der Waals surface area contributed by atoms with Gasteiger partial charge in [-0.2, -0.15) is 8.42 Å². The van der Waals surface area contributed by atoms with Crippen LogP contribution in [0.2, 0.25) is 0 Å². The van der Waals surface area contributed by atoms with Gasteiger partial charge < -0.3 is 34.3 Å². The molecule has 13 heteroatoms. The lowest BCUT2D eigenvalue weighted by Gasteiger charge is -2.40. The zero-order valence-corrected chi connectivity index (χ0v) is 39.0. The summed E-state index contributed by atoms with van der Waals surface area (Å²) in [5.41, 5.74) is 0. The molecule has 62 heavy (non-hydrogen) atoms. The monoisotopic (exact) mass is 897 g/mol. The highest BCUT2D eigenvalue weighted by molar-refractivity contribution is 7.85. The molecular weight excluding hydrogens is 813 g/mol. The van der Waals surface area contributed by atoms with E-state index in [1.807, 2.05) is 0 Å². The van der Waals surface area contributed by atoms with Gasteiger partial charge in [-0.05, 0) is 77.0 Å². The molecule has 6 atom stereocenters. The Hall–Kier alpha value is -2.65. The van der Waals surface area contributed by atoms with Crippen LogP contribution in [-0.4, -0.2) is 96.0 Å². The minimum atomic E-state index is -4.61. The molecule has 1 heterocycles.